The minimum absolute atomic E-state index is 0.125. The number of allylic oxidation sites excluding steroid dienone is 1. The number of rotatable bonds is 1. The summed E-state index contributed by atoms with van der Waals surface area (Å²) in [7, 11) is 0. The van der Waals surface area contributed by atoms with Crippen LogP contribution in [0, 0.1) is 0 Å². The Morgan fingerprint density at radius 2 is 2.00 bits per heavy atom. The number of hydrogen-bond acceptors (Lipinski definition) is 1. The van der Waals surface area contributed by atoms with Crippen LogP contribution in [0.5, 0.6) is 0 Å². The third-order valence-electron chi connectivity index (χ3n) is 3.14. The standard InChI is InChI=1S/C15H12O/c1-10(16)11-5-6-14-8-12-3-2-4-13(12)9-15(14)7-11/h2-3,5-9H,4H2,1H3. The summed E-state index contributed by atoms with van der Waals surface area (Å²) >= 11 is 0. The molecular formula is C15H12O. The van der Waals surface area contributed by atoms with Gasteiger partial charge in [0.1, 0.15) is 0 Å². The van der Waals surface area contributed by atoms with Crippen LogP contribution in [0.1, 0.15) is 28.4 Å². The molecule has 0 radical (unpaired) electrons. The predicted octanol–water partition coefficient (Wildman–Crippen LogP) is 3.61. The number of carbonyl (C=O) groups is 1. The van der Waals surface area contributed by atoms with E-state index in [2.05, 4.69) is 24.3 Å². The Balaban J connectivity index is 2.26. The van der Waals surface area contributed by atoms with E-state index >= 15 is 0 Å². The topological polar surface area (TPSA) is 17.1 Å². The Kier molecular flexibility index (Phi) is 1.93. The van der Waals surface area contributed by atoms with Crippen LogP contribution in [0.25, 0.3) is 16.8 Å². The lowest BCUT2D eigenvalue weighted by molar-refractivity contribution is 0.101. The maximum Gasteiger partial charge on any atom is 0.159 e. The van der Waals surface area contributed by atoms with Crippen molar-refractivity contribution in [2.45, 2.75) is 13.3 Å². The molecule has 16 heavy (non-hydrogen) atoms. The summed E-state index contributed by atoms with van der Waals surface area (Å²) in [5.74, 6) is 0.125. The van der Waals surface area contributed by atoms with Gasteiger partial charge in [0.25, 0.3) is 0 Å². The second kappa shape index (κ2) is 3.31. The average molecular weight is 208 g/mol. The molecule has 1 nitrogen and oxygen atoms in total. The number of hydrogen-bond donors (Lipinski definition) is 0. The van der Waals surface area contributed by atoms with E-state index in [1.807, 2.05) is 18.2 Å². The van der Waals surface area contributed by atoms with E-state index in [0.717, 1.165) is 17.4 Å². The number of Topliss-reactive ketones (excluding diaryl/α,β-unsaturated/α-hetero) is 1. The minimum atomic E-state index is 0.125. The molecule has 0 saturated carbocycles. The van der Waals surface area contributed by atoms with E-state index in [1.165, 1.54) is 16.5 Å². The third-order valence-corrected chi connectivity index (χ3v) is 3.14. The summed E-state index contributed by atoms with van der Waals surface area (Å²) in [5.41, 5.74) is 3.45. The summed E-state index contributed by atoms with van der Waals surface area (Å²) < 4.78 is 0. The van der Waals surface area contributed by atoms with E-state index in [9.17, 15) is 4.79 Å². The van der Waals surface area contributed by atoms with Crippen molar-refractivity contribution in [3.05, 3.63) is 53.1 Å². The van der Waals surface area contributed by atoms with Crippen molar-refractivity contribution in [3.63, 3.8) is 0 Å². The zero-order valence-electron chi connectivity index (χ0n) is 9.16. The van der Waals surface area contributed by atoms with Gasteiger partial charge >= 0.3 is 0 Å². The summed E-state index contributed by atoms with van der Waals surface area (Å²) in [6.45, 7) is 1.61. The van der Waals surface area contributed by atoms with Gasteiger partial charge in [-0.1, -0.05) is 30.4 Å². The Labute approximate surface area is 94.4 Å². The molecule has 0 aromatic heterocycles. The quantitative estimate of drug-likeness (QED) is 0.654. The number of carbonyl (C=O) groups excluding carboxylic acids is 1. The van der Waals surface area contributed by atoms with Crippen molar-refractivity contribution in [2.24, 2.45) is 0 Å². The highest BCUT2D eigenvalue weighted by Gasteiger charge is 2.07. The molecule has 0 fully saturated rings. The smallest absolute Gasteiger partial charge is 0.159 e. The summed E-state index contributed by atoms with van der Waals surface area (Å²) in [5, 5.41) is 2.37. The molecule has 2 aromatic rings. The molecule has 0 heterocycles. The van der Waals surface area contributed by atoms with Crippen molar-refractivity contribution >= 4 is 22.6 Å². The fourth-order valence-electron chi connectivity index (χ4n) is 2.23. The van der Waals surface area contributed by atoms with Gasteiger partial charge in [-0.15, -0.1) is 0 Å². The molecule has 0 atom stereocenters. The van der Waals surface area contributed by atoms with Gasteiger partial charge in [-0.25, -0.2) is 0 Å². The van der Waals surface area contributed by atoms with Crippen LogP contribution in [-0.4, -0.2) is 5.78 Å². The largest absolute Gasteiger partial charge is 0.295 e. The first-order valence-electron chi connectivity index (χ1n) is 5.48. The van der Waals surface area contributed by atoms with Crippen molar-refractivity contribution in [1.82, 2.24) is 0 Å². The van der Waals surface area contributed by atoms with E-state index in [4.69, 9.17) is 0 Å². The monoisotopic (exact) mass is 208 g/mol. The van der Waals surface area contributed by atoms with Gasteiger partial charge in [0.05, 0.1) is 0 Å². The van der Waals surface area contributed by atoms with Crippen LogP contribution in [0.4, 0.5) is 0 Å². The zero-order chi connectivity index (χ0) is 11.1. The molecule has 0 aliphatic heterocycles. The first-order chi connectivity index (χ1) is 7.74. The molecule has 2 aromatic carbocycles. The zero-order valence-corrected chi connectivity index (χ0v) is 9.16. The van der Waals surface area contributed by atoms with Gasteiger partial charge in [-0.2, -0.15) is 0 Å². The molecule has 0 unspecified atom stereocenters. The third kappa shape index (κ3) is 1.36. The normalized spacial score (nSPS) is 13.1. The van der Waals surface area contributed by atoms with Gasteiger partial charge in [-0.05, 0) is 47.4 Å². The summed E-state index contributed by atoms with van der Waals surface area (Å²) in [4.78, 5) is 11.3. The Bertz CT molecular complexity index is 621. The number of fused-ring (bicyclic) bond motifs is 2. The summed E-state index contributed by atoms with van der Waals surface area (Å²) in [6, 6.07) is 10.3. The molecule has 0 bridgehead atoms. The van der Waals surface area contributed by atoms with Crippen LogP contribution in [0.2, 0.25) is 0 Å². The highest BCUT2D eigenvalue weighted by molar-refractivity contribution is 5.99. The number of ketones is 1. The minimum Gasteiger partial charge on any atom is -0.295 e. The second-order valence-electron chi connectivity index (χ2n) is 4.28. The first kappa shape index (κ1) is 9.34. The van der Waals surface area contributed by atoms with Crippen LogP contribution < -0.4 is 0 Å². The van der Waals surface area contributed by atoms with Gasteiger partial charge in [0.2, 0.25) is 0 Å². The first-order valence-corrected chi connectivity index (χ1v) is 5.48. The lowest BCUT2D eigenvalue weighted by atomic mass is 10.00. The molecule has 0 amide bonds. The predicted molar refractivity (Wildman–Crippen MR) is 66.7 cm³/mol. The van der Waals surface area contributed by atoms with Gasteiger partial charge < -0.3 is 0 Å². The fourth-order valence-corrected chi connectivity index (χ4v) is 2.23. The molecule has 1 aliphatic carbocycles. The van der Waals surface area contributed by atoms with Crippen LogP contribution in [0.3, 0.4) is 0 Å². The van der Waals surface area contributed by atoms with Crippen LogP contribution in [-0.2, 0) is 6.42 Å². The molecule has 0 spiro atoms. The maximum absolute atomic E-state index is 11.3. The Morgan fingerprint density at radius 3 is 2.81 bits per heavy atom. The maximum atomic E-state index is 11.3. The average Bonchev–Trinajstić information content (AvgIpc) is 2.71. The molecule has 78 valence electrons. The van der Waals surface area contributed by atoms with Gasteiger partial charge in [-0.3, -0.25) is 4.79 Å². The van der Waals surface area contributed by atoms with E-state index in [1.54, 1.807) is 6.92 Å². The summed E-state index contributed by atoms with van der Waals surface area (Å²) in [6.07, 6.45) is 5.35. The van der Waals surface area contributed by atoms with Crippen LogP contribution >= 0.6 is 0 Å². The molecule has 3 rings (SSSR count). The molecular weight excluding hydrogens is 196 g/mol. The lowest BCUT2D eigenvalue weighted by Gasteiger charge is -2.04. The fraction of sp³-hybridized carbons (Fsp3) is 0.133. The highest BCUT2D eigenvalue weighted by atomic mass is 16.1. The van der Waals surface area contributed by atoms with Gasteiger partial charge in [0, 0.05) is 5.56 Å². The lowest BCUT2D eigenvalue weighted by Crippen LogP contribution is -1.91. The van der Waals surface area contributed by atoms with Crippen molar-refractivity contribution in [1.29, 1.82) is 0 Å². The SMILES string of the molecule is CC(=O)c1ccc2cc3c(cc2c1)CC=C3. The Hall–Kier alpha value is -1.89. The van der Waals surface area contributed by atoms with E-state index in [-0.39, 0.29) is 5.78 Å². The van der Waals surface area contributed by atoms with Crippen molar-refractivity contribution < 1.29 is 4.79 Å². The second-order valence-corrected chi connectivity index (χ2v) is 4.28. The number of benzene rings is 2. The van der Waals surface area contributed by atoms with Gasteiger partial charge in [0.15, 0.2) is 5.78 Å². The molecule has 1 heteroatoms. The van der Waals surface area contributed by atoms with Crippen molar-refractivity contribution in [3.8, 4) is 0 Å². The molecule has 0 N–H and O–H groups in total. The molecule has 0 saturated heterocycles. The van der Waals surface area contributed by atoms with Crippen molar-refractivity contribution in [2.75, 3.05) is 0 Å². The Morgan fingerprint density at radius 1 is 1.12 bits per heavy atom. The van der Waals surface area contributed by atoms with E-state index in [0.29, 0.717) is 0 Å². The highest BCUT2D eigenvalue weighted by Crippen LogP contribution is 2.26. The van der Waals surface area contributed by atoms with Crippen LogP contribution in [0.15, 0.2) is 36.4 Å². The van der Waals surface area contributed by atoms with E-state index < -0.39 is 0 Å². The molecule has 1 aliphatic rings.